The summed E-state index contributed by atoms with van der Waals surface area (Å²) < 4.78 is 13.9. The van der Waals surface area contributed by atoms with Crippen molar-refractivity contribution in [3.63, 3.8) is 0 Å². The van der Waals surface area contributed by atoms with Crippen molar-refractivity contribution in [3.05, 3.63) is 84.7 Å². The summed E-state index contributed by atoms with van der Waals surface area (Å²) in [6.07, 6.45) is 8.02. The van der Waals surface area contributed by atoms with Gasteiger partial charge in [-0.1, -0.05) is 24.3 Å². The number of fused-ring (bicyclic) bond motifs is 1. The first kappa shape index (κ1) is 31.5. The number of carbonyl (C=O) groups excluding carboxylic acids is 2. The zero-order valence-electron chi connectivity index (χ0n) is 27.2. The minimum Gasteiger partial charge on any atom is -0.444 e. The number of aryl methyl sites for hydroxylation is 2. The topological polar surface area (TPSA) is 136 Å². The Morgan fingerprint density at radius 2 is 1.83 bits per heavy atom. The van der Waals surface area contributed by atoms with E-state index in [9.17, 15) is 9.59 Å². The molecule has 5 aromatic rings. The third-order valence-electron chi connectivity index (χ3n) is 7.70. The summed E-state index contributed by atoms with van der Waals surface area (Å²) in [5.41, 5.74) is 2.64. The van der Waals surface area contributed by atoms with E-state index in [2.05, 4.69) is 25.6 Å². The molecule has 12 heteroatoms. The van der Waals surface area contributed by atoms with Crippen molar-refractivity contribution in [1.82, 2.24) is 29.4 Å². The van der Waals surface area contributed by atoms with Gasteiger partial charge in [0.1, 0.15) is 17.0 Å². The van der Waals surface area contributed by atoms with Crippen molar-refractivity contribution in [1.29, 1.82) is 0 Å². The lowest BCUT2D eigenvalue weighted by Crippen LogP contribution is -2.47. The van der Waals surface area contributed by atoms with Crippen LogP contribution in [0.1, 0.15) is 49.7 Å². The van der Waals surface area contributed by atoms with Crippen molar-refractivity contribution in [3.8, 4) is 22.9 Å². The SMILES string of the molecule is Cc1ccc2c(NC(=O)c3cn(C)cn3)cccc2c1Oc1ncccc1-c1ccnc(N[C@H]2CCCN(C(=O)OC(C)(C)C)C2)n1. The maximum atomic E-state index is 12.9. The number of benzene rings is 2. The molecule has 47 heavy (non-hydrogen) atoms. The number of nitrogens with zero attached hydrogens (tertiary/aromatic N) is 6. The Balaban J connectivity index is 1.24. The fraction of sp³-hybridized carbons (Fsp3) is 0.314. The van der Waals surface area contributed by atoms with Crippen molar-refractivity contribution >= 4 is 34.4 Å². The van der Waals surface area contributed by atoms with Gasteiger partial charge in [-0.2, -0.15) is 0 Å². The lowest BCUT2D eigenvalue weighted by atomic mass is 10.0. The molecule has 4 heterocycles. The average molecular weight is 635 g/mol. The molecule has 0 aliphatic carbocycles. The molecule has 0 bridgehead atoms. The fourth-order valence-electron chi connectivity index (χ4n) is 5.51. The quantitative estimate of drug-likeness (QED) is 0.203. The van der Waals surface area contributed by atoms with Crippen LogP contribution in [-0.2, 0) is 11.8 Å². The Morgan fingerprint density at radius 3 is 2.62 bits per heavy atom. The van der Waals surface area contributed by atoms with Gasteiger partial charge in [-0.15, -0.1) is 0 Å². The van der Waals surface area contributed by atoms with Gasteiger partial charge in [-0.3, -0.25) is 4.79 Å². The van der Waals surface area contributed by atoms with Gasteiger partial charge in [0, 0.05) is 61.2 Å². The monoisotopic (exact) mass is 634 g/mol. The van der Waals surface area contributed by atoms with Crippen LogP contribution in [0.3, 0.4) is 0 Å². The molecule has 0 unspecified atom stereocenters. The Hall–Kier alpha value is -5.52. The number of imidazole rings is 1. The van der Waals surface area contributed by atoms with Crippen molar-refractivity contribution in [2.75, 3.05) is 23.7 Å². The Labute approximate surface area is 273 Å². The van der Waals surface area contributed by atoms with Crippen LogP contribution in [0.5, 0.6) is 11.6 Å². The zero-order valence-corrected chi connectivity index (χ0v) is 27.2. The smallest absolute Gasteiger partial charge is 0.410 e. The first-order valence-corrected chi connectivity index (χ1v) is 15.6. The van der Waals surface area contributed by atoms with Crippen LogP contribution in [0.25, 0.3) is 22.0 Å². The zero-order chi connectivity index (χ0) is 33.1. The predicted octanol–water partition coefficient (Wildman–Crippen LogP) is 6.59. The molecule has 0 spiro atoms. The lowest BCUT2D eigenvalue weighted by Gasteiger charge is -2.34. The molecule has 3 aromatic heterocycles. The van der Waals surface area contributed by atoms with E-state index in [-0.39, 0.29) is 18.0 Å². The molecule has 1 aliphatic heterocycles. The summed E-state index contributed by atoms with van der Waals surface area (Å²) in [5.74, 6) is 1.15. The Morgan fingerprint density at radius 1 is 0.979 bits per heavy atom. The van der Waals surface area contributed by atoms with Gasteiger partial charge in [0.15, 0.2) is 0 Å². The number of hydrogen-bond acceptors (Lipinski definition) is 9. The van der Waals surface area contributed by atoms with Gasteiger partial charge in [-0.25, -0.2) is 24.7 Å². The van der Waals surface area contributed by atoms with E-state index in [0.29, 0.717) is 53.3 Å². The molecular formula is C35H38N8O4. The summed E-state index contributed by atoms with van der Waals surface area (Å²) in [4.78, 5) is 45.3. The number of carbonyl (C=O) groups is 2. The number of ether oxygens (including phenoxy) is 2. The molecule has 1 fully saturated rings. The highest BCUT2D eigenvalue weighted by atomic mass is 16.6. The first-order valence-electron chi connectivity index (χ1n) is 15.6. The van der Waals surface area contributed by atoms with Crippen LogP contribution < -0.4 is 15.4 Å². The number of aromatic nitrogens is 5. The number of likely N-dealkylation sites (tertiary alicyclic amines) is 1. The Bertz CT molecular complexity index is 1930. The van der Waals surface area contributed by atoms with Crippen LogP contribution in [0.15, 0.2) is 73.4 Å². The third-order valence-corrected chi connectivity index (χ3v) is 7.70. The van der Waals surface area contributed by atoms with E-state index in [1.807, 2.05) is 83.3 Å². The van der Waals surface area contributed by atoms with Crippen LogP contribution in [0.2, 0.25) is 0 Å². The molecule has 12 nitrogen and oxygen atoms in total. The second-order valence-corrected chi connectivity index (χ2v) is 12.6. The first-order chi connectivity index (χ1) is 22.5. The minimum atomic E-state index is -0.554. The highest BCUT2D eigenvalue weighted by molar-refractivity contribution is 6.09. The van der Waals surface area contributed by atoms with Crippen LogP contribution in [0, 0.1) is 6.92 Å². The minimum absolute atomic E-state index is 0.0261. The maximum Gasteiger partial charge on any atom is 0.410 e. The van der Waals surface area contributed by atoms with Gasteiger partial charge in [0.25, 0.3) is 5.91 Å². The number of rotatable bonds is 7. The lowest BCUT2D eigenvalue weighted by molar-refractivity contribution is 0.0206. The summed E-state index contributed by atoms with van der Waals surface area (Å²) in [7, 11) is 1.82. The van der Waals surface area contributed by atoms with E-state index >= 15 is 0 Å². The predicted molar refractivity (Wildman–Crippen MR) is 180 cm³/mol. The van der Waals surface area contributed by atoms with Gasteiger partial charge in [0.05, 0.1) is 17.6 Å². The van der Waals surface area contributed by atoms with Crippen molar-refractivity contribution < 1.29 is 19.1 Å². The standard InChI is InChI=1S/C35H38N8O4/c1-22-13-14-24-25(10-6-12-27(24)40-31(44)29-20-42(5)21-38-29)30(22)46-32-26(11-7-16-36-32)28-15-17-37-33(41-28)39-23-9-8-18-43(19-23)34(45)47-35(2,3)4/h6-7,10-17,20-21,23H,8-9,18-19H2,1-5H3,(H,40,44)(H,37,39,41)/t23-/m0/s1. The van der Waals surface area contributed by atoms with E-state index in [1.165, 1.54) is 0 Å². The average Bonchev–Trinajstić information content (AvgIpc) is 3.48. The molecular weight excluding hydrogens is 596 g/mol. The number of nitrogens with one attached hydrogen (secondary N) is 2. The largest absolute Gasteiger partial charge is 0.444 e. The van der Waals surface area contributed by atoms with E-state index in [1.54, 1.807) is 34.4 Å². The molecule has 6 rings (SSSR count). The van der Waals surface area contributed by atoms with E-state index < -0.39 is 5.60 Å². The summed E-state index contributed by atoms with van der Waals surface area (Å²) in [6.45, 7) is 8.70. The van der Waals surface area contributed by atoms with Gasteiger partial charge in [0.2, 0.25) is 11.8 Å². The van der Waals surface area contributed by atoms with E-state index in [0.717, 1.165) is 29.2 Å². The van der Waals surface area contributed by atoms with E-state index in [4.69, 9.17) is 14.5 Å². The number of piperidine rings is 1. The molecule has 2 aromatic carbocycles. The maximum absolute atomic E-state index is 12.9. The highest BCUT2D eigenvalue weighted by Gasteiger charge is 2.28. The molecule has 242 valence electrons. The number of amides is 2. The third kappa shape index (κ3) is 7.32. The van der Waals surface area contributed by atoms with Crippen molar-refractivity contribution in [2.45, 2.75) is 52.2 Å². The van der Waals surface area contributed by atoms with Crippen LogP contribution >= 0.6 is 0 Å². The van der Waals surface area contributed by atoms with Gasteiger partial charge < -0.3 is 29.6 Å². The Kier molecular flexibility index (Phi) is 8.75. The molecule has 1 aliphatic rings. The van der Waals surface area contributed by atoms with Gasteiger partial charge in [-0.05, 0) is 70.4 Å². The molecule has 2 N–H and O–H groups in total. The van der Waals surface area contributed by atoms with Crippen LogP contribution in [0.4, 0.5) is 16.4 Å². The fourth-order valence-corrected chi connectivity index (χ4v) is 5.51. The number of hydrogen-bond donors (Lipinski definition) is 2. The summed E-state index contributed by atoms with van der Waals surface area (Å²) in [5, 5.41) is 8.02. The molecule has 1 atom stereocenters. The number of anilines is 2. The summed E-state index contributed by atoms with van der Waals surface area (Å²) in [6, 6.07) is 15.1. The highest BCUT2D eigenvalue weighted by Crippen LogP contribution is 2.38. The molecule has 1 saturated heterocycles. The normalized spacial score (nSPS) is 14.9. The van der Waals surface area contributed by atoms with Crippen molar-refractivity contribution in [2.24, 2.45) is 7.05 Å². The second kappa shape index (κ2) is 13.1. The second-order valence-electron chi connectivity index (χ2n) is 12.6. The molecule has 0 radical (unpaired) electrons. The summed E-state index contributed by atoms with van der Waals surface area (Å²) >= 11 is 0. The van der Waals surface area contributed by atoms with Gasteiger partial charge >= 0.3 is 6.09 Å². The molecule has 2 amide bonds. The number of pyridine rings is 1. The molecule has 0 saturated carbocycles. The van der Waals surface area contributed by atoms with Crippen LogP contribution in [-0.4, -0.2) is 66.1 Å².